The van der Waals surface area contributed by atoms with Crippen molar-refractivity contribution in [3.8, 4) is 0 Å². The predicted octanol–water partition coefficient (Wildman–Crippen LogP) is 1.87. The molecule has 1 saturated heterocycles. The molecule has 0 aromatic carbocycles. The van der Waals surface area contributed by atoms with Crippen molar-refractivity contribution in [3.05, 3.63) is 12.7 Å². The molecule has 0 aromatic heterocycles. The molecule has 1 aliphatic rings. The summed E-state index contributed by atoms with van der Waals surface area (Å²) in [5.74, 6) is 0. The average molecular weight is 284 g/mol. The summed E-state index contributed by atoms with van der Waals surface area (Å²) in [6.45, 7) is 13.2. The molecule has 1 unspecified atom stereocenters. The fourth-order valence-electron chi connectivity index (χ4n) is 2.14. The van der Waals surface area contributed by atoms with Crippen molar-refractivity contribution in [2.45, 2.75) is 45.3 Å². The lowest BCUT2D eigenvalue weighted by Crippen LogP contribution is -2.39. The third-order valence-electron chi connectivity index (χ3n) is 3.25. The number of amides is 1. The smallest absolute Gasteiger partial charge is 0.410 e. The molecule has 116 valence electrons. The molecule has 1 fully saturated rings. The molecule has 0 aromatic rings. The fourth-order valence-corrected chi connectivity index (χ4v) is 2.14. The van der Waals surface area contributed by atoms with E-state index < -0.39 is 11.7 Å². The number of nitrogens with zero attached hydrogens (tertiary/aromatic N) is 2. The average Bonchev–Trinajstić information content (AvgIpc) is 2.59. The molecule has 1 rings (SSSR count). The van der Waals surface area contributed by atoms with E-state index in [-0.39, 0.29) is 6.09 Å². The van der Waals surface area contributed by atoms with Gasteiger partial charge in [0.25, 0.3) is 0 Å². The topological polar surface area (TPSA) is 53.0 Å². The molecule has 1 N–H and O–H groups in total. The lowest BCUT2D eigenvalue weighted by molar-refractivity contribution is 0.0257. The summed E-state index contributed by atoms with van der Waals surface area (Å²) < 4.78 is 5.40. The summed E-state index contributed by atoms with van der Waals surface area (Å²) in [5, 5.41) is 9.50. The number of hydrogen-bond acceptors (Lipinski definition) is 4. The van der Waals surface area contributed by atoms with Crippen LogP contribution in [0, 0.1) is 0 Å². The number of carbonyl (C=O) groups is 1. The molecular formula is C15H28N2O3. The van der Waals surface area contributed by atoms with Gasteiger partial charge in [0.1, 0.15) is 5.60 Å². The molecule has 1 aliphatic heterocycles. The number of carbonyl (C=O) groups excluding carboxylic acids is 1. The second kappa shape index (κ2) is 7.64. The maximum atomic E-state index is 12.0. The zero-order valence-corrected chi connectivity index (χ0v) is 13.0. The van der Waals surface area contributed by atoms with Crippen molar-refractivity contribution in [2.75, 3.05) is 32.7 Å². The van der Waals surface area contributed by atoms with Gasteiger partial charge in [-0.1, -0.05) is 6.08 Å². The van der Waals surface area contributed by atoms with Gasteiger partial charge < -0.3 is 19.6 Å². The van der Waals surface area contributed by atoms with Gasteiger partial charge in [-0.15, -0.1) is 6.58 Å². The number of hydrogen-bond donors (Lipinski definition) is 1. The van der Waals surface area contributed by atoms with Crippen molar-refractivity contribution in [2.24, 2.45) is 0 Å². The summed E-state index contributed by atoms with van der Waals surface area (Å²) in [7, 11) is 0. The summed E-state index contributed by atoms with van der Waals surface area (Å²) in [5.41, 5.74) is -0.447. The van der Waals surface area contributed by atoms with Crippen LogP contribution in [0.15, 0.2) is 12.7 Å². The van der Waals surface area contributed by atoms with Gasteiger partial charge in [0.2, 0.25) is 0 Å². The monoisotopic (exact) mass is 284 g/mol. The minimum atomic E-state index is -0.447. The zero-order chi connectivity index (χ0) is 15.2. The molecule has 1 atom stereocenters. The first-order valence-corrected chi connectivity index (χ1v) is 7.33. The molecule has 0 spiro atoms. The van der Waals surface area contributed by atoms with E-state index in [1.54, 1.807) is 11.0 Å². The van der Waals surface area contributed by atoms with Crippen LogP contribution in [0.25, 0.3) is 0 Å². The van der Waals surface area contributed by atoms with E-state index in [0.29, 0.717) is 13.0 Å². The lowest BCUT2D eigenvalue weighted by atomic mass is 10.2. The largest absolute Gasteiger partial charge is 0.444 e. The van der Waals surface area contributed by atoms with Gasteiger partial charge in [-0.2, -0.15) is 0 Å². The van der Waals surface area contributed by atoms with Crippen LogP contribution in [0.1, 0.15) is 33.6 Å². The Bertz CT molecular complexity index is 326. The van der Waals surface area contributed by atoms with Crippen LogP contribution in [0.4, 0.5) is 4.79 Å². The normalized spacial score (nSPS) is 19.3. The van der Waals surface area contributed by atoms with E-state index in [9.17, 15) is 9.90 Å². The van der Waals surface area contributed by atoms with Crippen molar-refractivity contribution < 1.29 is 14.6 Å². The second-order valence-electron chi connectivity index (χ2n) is 6.25. The first-order valence-electron chi connectivity index (χ1n) is 7.33. The van der Waals surface area contributed by atoms with Crippen molar-refractivity contribution >= 4 is 6.09 Å². The lowest BCUT2D eigenvalue weighted by Gasteiger charge is -2.26. The first kappa shape index (κ1) is 17.0. The van der Waals surface area contributed by atoms with Crippen LogP contribution in [-0.4, -0.2) is 65.4 Å². The Kier molecular flexibility index (Phi) is 6.49. The Labute approximate surface area is 122 Å². The summed E-state index contributed by atoms with van der Waals surface area (Å²) in [6.07, 6.45) is 2.51. The quantitative estimate of drug-likeness (QED) is 0.801. The van der Waals surface area contributed by atoms with Crippen molar-refractivity contribution in [1.29, 1.82) is 0 Å². The maximum Gasteiger partial charge on any atom is 0.410 e. The van der Waals surface area contributed by atoms with Crippen LogP contribution < -0.4 is 0 Å². The Balaban J connectivity index is 2.39. The number of ether oxygens (including phenoxy) is 1. The van der Waals surface area contributed by atoms with Crippen molar-refractivity contribution in [1.82, 2.24) is 9.80 Å². The second-order valence-corrected chi connectivity index (χ2v) is 6.25. The Morgan fingerprint density at radius 1 is 1.35 bits per heavy atom. The molecule has 0 radical (unpaired) electrons. The van der Waals surface area contributed by atoms with Gasteiger partial charge >= 0.3 is 6.09 Å². The standard InChI is InChI=1S/C15H28N2O3/c1-5-13(18)7-10-16-8-6-9-17(12-11-16)14(19)20-15(2,3)4/h5,13,18H,1,6-12H2,2-4H3. The summed E-state index contributed by atoms with van der Waals surface area (Å²) in [4.78, 5) is 16.1. The Hall–Kier alpha value is -1.07. The highest BCUT2D eigenvalue weighted by atomic mass is 16.6. The van der Waals surface area contributed by atoms with Gasteiger partial charge in [-0.3, -0.25) is 0 Å². The van der Waals surface area contributed by atoms with Crippen LogP contribution in [-0.2, 0) is 4.74 Å². The van der Waals surface area contributed by atoms with Crippen LogP contribution in [0.3, 0.4) is 0 Å². The van der Waals surface area contributed by atoms with E-state index in [1.165, 1.54) is 0 Å². The van der Waals surface area contributed by atoms with Crippen molar-refractivity contribution in [3.63, 3.8) is 0 Å². The molecule has 20 heavy (non-hydrogen) atoms. The minimum absolute atomic E-state index is 0.231. The summed E-state index contributed by atoms with van der Waals surface area (Å²) in [6, 6.07) is 0. The van der Waals surface area contributed by atoms with E-state index >= 15 is 0 Å². The summed E-state index contributed by atoms with van der Waals surface area (Å²) >= 11 is 0. The van der Waals surface area contributed by atoms with Crippen LogP contribution in [0.5, 0.6) is 0 Å². The molecule has 1 amide bonds. The molecule has 0 bridgehead atoms. The molecule has 5 nitrogen and oxygen atoms in total. The van der Waals surface area contributed by atoms with Gasteiger partial charge in [0.15, 0.2) is 0 Å². The third-order valence-corrected chi connectivity index (χ3v) is 3.25. The van der Waals surface area contributed by atoms with Gasteiger partial charge in [0.05, 0.1) is 6.10 Å². The molecule has 0 saturated carbocycles. The SMILES string of the molecule is C=CC(O)CCN1CCCN(C(=O)OC(C)(C)C)CC1. The van der Waals surface area contributed by atoms with Gasteiger partial charge in [0, 0.05) is 26.2 Å². The van der Waals surface area contributed by atoms with E-state index in [0.717, 1.165) is 32.6 Å². The Morgan fingerprint density at radius 3 is 2.65 bits per heavy atom. The maximum absolute atomic E-state index is 12.0. The molecular weight excluding hydrogens is 256 g/mol. The first-order chi connectivity index (χ1) is 9.31. The highest BCUT2D eigenvalue weighted by molar-refractivity contribution is 5.68. The minimum Gasteiger partial charge on any atom is -0.444 e. The molecule has 0 aliphatic carbocycles. The molecule has 1 heterocycles. The zero-order valence-electron chi connectivity index (χ0n) is 13.0. The third kappa shape index (κ3) is 6.39. The van der Waals surface area contributed by atoms with Gasteiger partial charge in [-0.05, 0) is 40.2 Å². The fraction of sp³-hybridized carbons (Fsp3) is 0.800. The van der Waals surface area contributed by atoms with E-state index in [4.69, 9.17) is 4.74 Å². The number of rotatable bonds is 4. The Morgan fingerprint density at radius 2 is 2.05 bits per heavy atom. The number of aliphatic hydroxyl groups excluding tert-OH is 1. The van der Waals surface area contributed by atoms with Gasteiger partial charge in [-0.25, -0.2) is 4.79 Å². The highest BCUT2D eigenvalue weighted by Gasteiger charge is 2.24. The molecule has 5 heteroatoms. The van der Waals surface area contributed by atoms with Crippen LogP contribution in [0.2, 0.25) is 0 Å². The predicted molar refractivity (Wildman–Crippen MR) is 79.7 cm³/mol. The van der Waals surface area contributed by atoms with Crippen LogP contribution >= 0.6 is 0 Å². The van der Waals surface area contributed by atoms with E-state index in [2.05, 4.69) is 11.5 Å². The number of aliphatic hydroxyl groups is 1. The van der Waals surface area contributed by atoms with E-state index in [1.807, 2.05) is 20.8 Å². The highest BCUT2D eigenvalue weighted by Crippen LogP contribution is 2.12.